The number of hydrogen-bond donors (Lipinski definition) is 0. The van der Waals surface area contributed by atoms with Crippen molar-refractivity contribution in [1.82, 2.24) is 9.78 Å². The van der Waals surface area contributed by atoms with Crippen molar-refractivity contribution in [3.8, 4) is 0 Å². The predicted molar refractivity (Wildman–Crippen MR) is 60.5 cm³/mol. The van der Waals surface area contributed by atoms with Gasteiger partial charge in [-0.1, -0.05) is 13.8 Å². The third kappa shape index (κ3) is 5.54. The first kappa shape index (κ1) is 14.5. The van der Waals surface area contributed by atoms with Crippen molar-refractivity contribution < 1.29 is 17.9 Å². The number of aromatic nitrogens is 2. The minimum absolute atomic E-state index is 0.148. The van der Waals surface area contributed by atoms with Crippen molar-refractivity contribution >= 4 is 15.9 Å². The first-order valence-electron chi connectivity index (χ1n) is 5.14. The molecule has 98 valence electrons. The lowest BCUT2D eigenvalue weighted by Gasteiger charge is -2.06. The summed E-state index contributed by atoms with van der Waals surface area (Å²) in [6.07, 6.45) is -2.56. The monoisotopic (exact) mass is 314 g/mol. The number of hydrogen-bond acceptors (Lipinski definition) is 2. The van der Waals surface area contributed by atoms with E-state index in [1.165, 1.54) is 0 Å². The highest BCUT2D eigenvalue weighted by molar-refractivity contribution is 9.10. The normalized spacial score (nSPS) is 12.4. The summed E-state index contributed by atoms with van der Waals surface area (Å²) in [6.45, 7) is 3.39. The Labute approximate surface area is 106 Å². The third-order valence-corrected chi connectivity index (χ3v) is 2.51. The van der Waals surface area contributed by atoms with Gasteiger partial charge in [-0.3, -0.25) is 4.68 Å². The maximum absolute atomic E-state index is 11.9. The lowest BCUT2D eigenvalue weighted by molar-refractivity contribution is -0.176. The molecular weight excluding hydrogens is 301 g/mol. The Morgan fingerprint density at radius 1 is 1.47 bits per heavy atom. The molecule has 1 aromatic heterocycles. The van der Waals surface area contributed by atoms with Gasteiger partial charge >= 0.3 is 6.18 Å². The molecule has 7 heteroatoms. The van der Waals surface area contributed by atoms with Gasteiger partial charge in [-0.2, -0.15) is 18.3 Å². The first-order valence-corrected chi connectivity index (χ1v) is 5.93. The van der Waals surface area contributed by atoms with Crippen LogP contribution >= 0.6 is 15.9 Å². The molecule has 0 bridgehead atoms. The summed E-state index contributed by atoms with van der Waals surface area (Å²) >= 11 is 3.24. The molecule has 1 rings (SSSR count). The van der Waals surface area contributed by atoms with E-state index < -0.39 is 12.8 Å². The molecule has 17 heavy (non-hydrogen) atoms. The van der Waals surface area contributed by atoms with Gasteiger partial charge in [0.15, 0.2) is 0 Å². The summed E-state index contributed by atoms with van der Waals surface area (Å²) in [7, 11) is 0. The van der Waals surface area contributed by atoms with Gasteiger partial charge < -0.3 is 4.74 Å². The van der Waals surface area contributed by atoms with Crippen molar-refractivity contribution in [1.29, 1.82) is 0 Å². The number of alkyl halides is 3. The van der Waals surface area contributed by atoms with Crippen LogP contribution in [-0.2, 0) is 17.9 Å². The molecule has 0 aromatic carbocycles. The molecule has 0 aliphatic heterocycles. The van der Waals surface area contributed by atoms with Crippen molar-refractivity contribution in [2.45, 2.75) is 33.2 Å². The Morgan fingerprint density at radius 3 is 2.65 bits per heavy atom. The number of ether oxygens (including phenoxy) is 1. The van der Waals surface area contributed by atoms with Gasteiger partial charge in [0.05, 0.1) is 11.1 Å². The van der Waals surface area contributed by atoms with E-state index in [-0.39, 0.29) is 6.61 Å². The molecule has 0 amide bonds. The maximum Gasteiger partial charge on any atom is 0.411 e. The summed E-state index contributed by atoms with van der Waals surface area (Å²) in [5.41, 5.74) is 0.481. The fourth-order valence-corrected chi connectivity index (χ4v) is 1.70. The topological polar surface area (TPSA) is 27.1 Å². The van der Waals surface area contributed by atoms with Crippen LogP contribution in [0, 0.1) is 5.92 Å². The van der Waals surface area contributed by atoms with Crippen LogP contribution in [0.4, 0.5) is 13.2 Å². The zero-order valence-electron chi connectivity index (χ0n) is 9.59. The van der Waals surface area contributed by atoms with Gasteiger partial charge in [0.1, 0.15) is 12.3 Å². The minimum atomic E-state index is -4.30. The Balaban J connectivity index is 2.51. The molecule has 1 aromatic rings. The molecule has 0 atom stereocenters. The summed E-state index contributed by atoms with van der Waals surface area (Å²) in [6, 6.07) is 0. The minimum Gasteiger partial charge on any atom is -0.366 e. The van der Waals surface area contributed by atoms with E-state index >= 15 is 0 Å². The van der Waals surface area contributed by atoms with Gasteiger partial charge in [0.2, 0.25) is 0 Å². The Morgan fingerprint density at radius 2 is 2.12 bits per heavy atom. The zero-order chi connectivity index (χ0) is 13.1. The SMILES string of the molecule is CC(C)Cn1cc(Br)c(COCC(F)(F)F)n1. The predicted octanol–water partition coefficient (Wildman–Crippen LogP) is 3.38. The molecule has 0 aliphatic carbocycles. The lowest BCUT2D eigenvalue weighted by atomic mass is 10.2. The molecular formula is C10H14BrF3N2O. The molecule has 0 saturated carbocycles. The third-order valence-electron chi connectivity index (χ3n) is 1.84. The summed E-state index contributed by atoms with van der Waals surface area (Å²) in [5, 5.41) is 4.15. The van der Waals surface area contributed by atoms with E-state index in [1.54, 1.807) is 10.9 Å². The van der Waals surface area contributed by atoms with Crippen LogP contribution in [-0.4, -0.2) is 22.6 Å². The highest BCUT2D eigenvalue weighted by atomic mass is 79.9. The van der Waals surface area contributed by atoms with Crippen LogP contribution in [0.25, 0.3) is 0 Å². The van der Waals surface area contributed by atoms with E-state index in [9.17, 15) is 13.2 Å². The zero-order valence-corrected chi connectivity index (χ0v) is 11.2. The van der Waals surface area contributed by atoms with Crippen molar-refractivity contribution in [2.24, 2.45) is 5.92 Å². The first-order chi connectivity index (χ1) is 7.78. The molecule has 0 N–H and O–H groups in total. The van der Waals surface area contributed by atoms with Crippen molar-refractivity contribution in [2.75, 3.05) is 6.61 Å². The summed E-state index contributed by atoms with van der Waals surface area (Å²) in [5.74, 6) is 0.422. The van der Waals surface area contributed by atoms with Crippen molar-refractivity contribution in [3.05, 3.63) is 16.4 Å². The highest BCUT2D eigenvalue weighted by Crippen LogP contribution is 2.19. The second kappa shape index (κ2) is 5.86. The van der Waals surface area contributed by atoms with Crippen molar-refractivity contribution in [3.63, 3.8) is 0 Å². The van der Waals surface area contributed by atoms with Crippen LogP contribution in [0.15, 0.2) is 10.7 Å². The van der Waals surface area contributed by atoms with E-state index in [0.29, 0.717) is 16.1 Å². The highest BCUT2D eigenvalue weighted by Gasteiger charge is 2.27. The van der Waals surface area contributed by atoms with E-state index in [4.69, 9.17) is 0 Å². The Bertz CT molecular complexity index is 363. The van der Waals surface area contributed by atoms with Gasteiger partial charge in [0, 0.05) is 12.7 Å². The largest absolute Gasteiger partial charge is 0.411 e. The van der Waals surface area contributed by atoms with Gasteiger partial charge in [-0.15, -0.1) is 0 Å². The average Bonchev–Trinajstić information content (AvgIpc) is 2.43. The molecule has 0 aliphatic rings. The standard InChI is InChI=1S/C10H14BrF3N2O/c1-7(2)3-16-4-8(11)9(15-16)5-17-6-10(12,13)14/h4,7H,3,5-6H2,1-2H3. The Kier molecular flexibility index (Phi) is 5.00. The van der Waals surface area contributed by atoms with E-state index in [0.717, 1.165) is 6.54 Å². The molecule has 0 unspecified atom stereocenters. The lowest BCUT2D eigenvalue weighted by Crippen LogP contribution is -2.17. The average molecular weight is 315 g/mol. The Hall–Kier alpha value is -0.560. The van der Waals surface area contributed by atoms with Crippen LogP contribution in [0.3, 0.4) is 0 Å². The fraction of sp³-hybridized carbons (Fsp3) is 0.700. The van der Waals surface area contributed by atoms with Crippen LogP contribution in [0.5, 0.6) is 0 Å². The van der Waals surface area contributed by atoms with Crippen LogP contribution in [0.1, 0.15) is 19.5 Å². The molecule has 1 heterocycles. The maximum atomic E-state index is 11.9. The van der Waals surface area contributed by atoms with Gasteiger partial charge in [0.25, 0.3) is 0 Å². The van der Waals surface area contributed by atoms with Crippen LogP contribution < -0.4 is 0 Å². The molecule has 0 saturated heterocycles. The molecule has 0 spiro atoms. The smallest absolute Gasteiger partial charge is 0.366 e. The van der Waals surface area contributed by atoms with Crippen LogP contribution in [0.2, 0.25) is 0 Å². The molecule has 0 fully saturated rings. The molecule has 0 radical (unpaired) electrons. The quantitative estimate of drug-likeness (QED) is 0.833. The van der Waals surface area contributed by atoms with E-state index in [1.807, 2.05) is 13.8 Å². The number of halogens is 4. The molecule has 3 nitrogen and oxygen atoms in total. The second-order valence-electron chi connectivity index (χ2n) is 4.15. The fourth-order valence-electron chi connectivity index (χ4n) is 1.27. The summed E-state index contributed by atoms with van der Waals surface area (Å²) < 4.78 is 42.5. The summed E-state index contributed by atoms with van der Waals surface area (Å²) in [4.78, 5) is 0. The number of rotatable bonds is 5. The van der Waals surface area contributed by atoms with Gasteiger partial charge in [-0.05, 0) is 21.8 Å². The van der Waals surface area contributed by atoms with Gasteiger partial charge in [-0.25, -0.2) is 0 Å². The number of nitrogens with zero attached hydrogens (tertiary/aromatic N) is 2. The van der Waals surface area contributed by atoms with E-state index in [2.05, 4.69) is 25.8 Å². The second-order valence-corrected chi connectivity index (χ2v) is 5.00.